The Bertz CT molecular complexity index is 1480. The molecule has 2 aliphatic rings. The summed E-state index contributed by atoms with van der Waals surface area (Å²) in [4.78, 5) is 29.4. The van der Waals surface area contributed by atoms with E-state index in [0.29, 0.717) is 13.1 Å². The third kappa shape index (κ3) is 6.02. The molecule has 0 saturated carbocycles. The Kier molecular flexibility index (Phi) is 7.43. The van der Waals surface area contributed by atoms with Crippen molar-refractivity contribution in [3.05, 3.63) is 91.5 Å². The summed E-state index contributed by atoms with van der Waals surface area (Å²) < 4.78 is 31.6. The molecule has 35 heavy (non-hydrogen) atoms. The Labute approximate surface area is 201 Å². The number of aromatic amines is 2. The van der Waals surface area contributed by atoms with E-state index in [4.69, 9.17) is 17.5 Å². The van der Waals surface area contributed by atoms with Crippen LogP contribution in [0.15, 0.2) is 58.1 Å². The van der Waals surface area contributed by atoms with E-state index in [1.54, 1.807) is 0 Å². The second kappa shape index (κ2) is 10.5. The highest BCUT2D eigenvalue weighted by atomic mass is 32.3. The van der Waals surface area contributed by atoms with E-state index >= 15 is 0 Å². The zero-order valence-electron chi connectivity index (χ0n) is 18.8. The Morgan fingerprint density at radius 1 is 0.629 bits per heavy atom. The largest absolute Gasteiger partial charge is 0.394 e. The molecule has 0 aliphatic carbocycles. The standard InChI is InChI=1S/2C12H12N2O.H2O4S/c2*15-12-10-7-13-6-5-8(10)9-3-1-2-4-11(9)14-12;1-5(2,3)4/h2*1-4,13H,5-7H2,(H,14,15);(H2,1,2,3,4). The molecule has 11 heteroatoms. The van der Waals surface area contributed by atoms with E-state index in [1.807, 2.05) is 36.4 Å². The molecule has 0 bridgehead atoms. The summed E-state index contributed by atoms with van der Waals surface area (Å²) in [5, 5.41) is 8.83. The van der Waals surface area contributed by atoms with Crippen molar-refractivity contribution >= 4 is 32.2 Å². The number of hydrogen-bond acceptors (Lipinski definition) is 6. The van der Waals surface area contributed by atoms with Crippen LogP contribution >= 0.6 is 0 Å². The molecule has 2 aromatic heterocycles. The van der Waals surface area contributed by atoms with Gasteiger partial charge in [-0.05, 0) is 49.2 Å². The second-order valence-electron chi connectivity index (χ2n) is 8.22. The van der Waals surface area contributed by atoms with Gasteiger partial charge in [0.1, 0.15) is 0 Å². The van der Waals surface area contributed by atoms with E-state index in [0.717, 1.165) is 48.1 Å². The van der Waals surface area contributed by atoms with Crippen LogP contribution in [0.5, 0.6) is 0 Å². The quantitative estimate of drug-likeness (QED) is 0.199. The smallest absolute Gasteiger partial charge is 0.322 e. The maximum atomic E-state index is 11.8. The monoisotopic (exact) mass is 498 g/mol. The van der Waals surface area contributed by atoms with Crippen molar-refractivity contribution < 1.29 is 17.5 Å². The summed E-state index contributed by atoms with van der Waals surface area (Å²) >= 11 is 0. The summed E-state index contributed by atoms with van der Waals surface area (Å²) in [6.07, 6.45) is 1.89. The lowest BCUT2D eigenvalue weighted by atomic mass is 9.98. The second-order valence-corrected chi connectivity index (χ2v) is 9.11. The molecule has 0 spiro atoms. The molecule has 2 aliphatic heterocycles. The van der Waals surface area contributed by atoms with Crippen LogP contribution in [0.3, 0.4) is 0 Å². The van der Waals surface area contributed by atoms with Gasteiger partial charge in [-0.2, -0.15) is 8.42 Å². The first kappa shape index (κ1) is 24.8. The van der Waals surface area contributed by atoms with E-state index in [-0.39, 0.29) is 11.1 Å². The molecule has 0 fully saturated rings. The Morgan fingerprint density at radius 3 is 1.40 bits per heavy atom. The molecule has 2 aromatic carbocycles. The van der Waals surface area contributed by atoms with Crippen LogP contribution in [0.25, 0.3) is 21.8 Å². The number of pyridine rings is 2. The molecule has 0 unspecified atom stereocenters. The lowest BCUT2D eigenvalue weighted by Crippen LogP contribution is -2.30. The number of hydrogen-bond donors (Lipinski definition) is 6. The molecule has 6 rings (SSSR count). The first-order valence-electron chi connectivity index (χ1n) is 11.1. The summed E-state index contributed by atoms with van der Waals surface area (Å²) in [6.45, 7) is 3.30. The number of nitrogens with one attached hydrogen (secondary N) is 4. The number of benzene rings is 2. The fraction of sp³-hybridized carbons (Fsp3) is 0.250. The number of rotatable bonds is 0. The molecule has 4 aromatic rings. The van der Waals surface area contributed by atoms with Crippen molar-refractivity contribution in [1.29, 1.82) is 0 Å². The summed E-state index contributed by atoms with van der Waals surface area (Å²) in [5.74, 6) is 0. The summed E-state index contributed by atoms with van der Waals surface area (Å²) in [5.41, 5.74) is 6.24. The highest BCUT2D eigenvalue weighted by Gasteiger charge is 2.16. The molecule has 0 radical (unpaired) electrons. The van der Waals surface area contributed by atoms with Crippen molar-refractivity contribution in [1.82, 2.24) is 20.6 Å². The Morgan fingerprint density at radius 2 is 1.00 bits per heavy atom. The SMILES string of the molecule is O=S(=O)(O)O.O=c1[nH]c2ccccc2c2c1CNCC2.O=c1[nH]c2ccccc2c2c1CNCC2. The van der Waals surface area contributed by atoms with Crippen LogP contribution in [-0.2, 0) is 36.3 Å². The van der Waals surface area contributed by atoms with Gasteiger partial charge in [0.15, 0.2) is 0 Å². The molecule has 0 atom stereocenters. The van der Waals surface area contributed by atoms with Crippen molar-refractivity contribution in [3.8, 4) is 0 Å². The lowest BCUT2D eigenvalue weighted by Gasteiger charge is -2.17. The maximum Gasteiger partial charge on any atom is 0.394 e. The Balaban J connectivity index is 0.000000139. The third-order valence-electron chi connectivity index (χ3n) is 5.98. The van der Waals surface area contributed by atoms with Gasteiger partial charge in [-0.1, -0.05) is 36.4 Å². The van der Waals surface area contributed by atoms with Gasteiger partial charge in [0.25, 0.3) is 11.1 Å². The normalized spacial score (nSPS) is 14.7. The topological polar surface area (TPSA) is 164 Å². The van der Waals surface area contributed by atoms with E-state index in [9.17, 15) is 9.59 Å². The van der Waals surface area contributed by atoms with Gasteiger partial charge in [0.05, 0.1) is 0 Å². The first-order valence-corrected chi connectivity index (χ1v) is 12.5. The zero-order valence-corrected chi connectivity index (χ0v) is 19.6. The van der Waals surface area contributed by atoms with E-state index in [2.05, 4.69) is 32.7 Å². The Hall–Kier alpha value is -3.35. The highest BCUT2D eigenvalue weighted by molar-refractivity contribution is 7.79. The van der Waals surface area contributed by atoms with Crippen LogP contribution in [0, 0.1) is 0 Å². The average molecular weight is 499 g/mol. The predicted octanol–water partition coefficient (Wildman–Crippen LogP) is 1.69. The van der Waals surface area contributed by atoms with Gasteiger partial charge in [-0.3, -0.25) is 18.7 Å². The van der Waals surface area contributed by atoms with Gasteiger partial charge >= 0.3 is 10.4 Å². The zero-order chi connectivity index (χ0) is 25.0. The molecule has 0 amide bonds. The number of aromatic nitrogens is 2. The van der Waals surface area contributed by atoms with Gasteiger partial charge in [0, 0.05) is 46.0 Å². The predicted molar refractivity (Wildman–Crippen MR) is 134 cm³/mol. The minimum atomic E-state index is -4.67. The molecular formula is C24H26N4O6S. The highest BCUT2D eigenvalue weighted by Crippen LogP contribution is 2.21. The summed E-state index contributed by atoms with van der Waals surface area (Å²) in [6, 6.07) is 16.0. The van der Waals surface area contributed by atoms with Crippen molar-refractivity contribution in [2.45, 2.75) is 25.9 Å². The molecular weight excluding hydrogens is 472 g/mol. The minimum Gasteiger partial charge on any atom is -0.322 e. The fourth-order valence-electron chi connectivity index (χ4n) is 4.50. The molecule has 10 nitrogen and oxygen atoms in total. The van der Waals surface area contributed by atoms with Crippen molar-refractivity contribution in [2.75, 3.05) is 13.1 Å². The van der Waals surface area contributed by atoms with Gasteiger partial charge in [0.2, 0.25) is 0 Å². The number of H-pyrrole nitrogens is 2. The van der Waals surface area contributed by atoms with E-state index in [1.165, 1.54) is 21.9 Å². The van der Waals surface area contributed by atoms with Gasteiger partial charge < -0.3 is 20.6 Å². The molecule has 6 N–H and O–H groups in total. The molecule has 4 heterocycles. The van der Waals surface area contributed by atoms with Crippen LogP contribution < -0.4 is 21.8 Å². The number of fused-ring (bicyclic) bond motifs is 6. The number of para-hydroxylation sites is 2. The molecule has 0 saturated heterocycles. The van der Waals surface area contributed by atoms with E-state index < -0.39 is 10.4 Å². The third-order valence-corrected chi connectivity index (χ3v) is 5.98. The molecule has 184 valence electrons. The van der Waals surface area contributed by atoms with Crippen LogP contribution in [0.2, 0.25) is 0 Å². The van der Waals surface area contributed by atoms with Crippen LogP contribution in [-0.4, -0.2) is 40.6 Å². The van der Waals surface area contributed by atoms with Gasteiger partial charge in [-0.25, -0.2) is 0 Å². The van der Waals surface area contributed by atoms with Gasteiger partial charge in [-0.15, -0.1) is 0 Å². The van der Waals surface area contributed by atoms with Crippen molar-refractivity contribution in [2.24, 2.45) is 0 Å². The summed E-state index contributed by atoms with van der Waals surface area (Å²) in [7, 11) is -4.67. The maximum absolute atomic E-state index is 11.8. The first-order chi connectivity index (χ1) is 16.7. The van der Waals surface area contributed by atoms with Crippen LogP contribution in [0.1, 0.15) is 22.3 Å². The minimum absolute atomic E-state index is 0.0518. The van der Waals surface area contributed by atoms with Crippen LogP contribution in [0.4, 0.5) is 0 Å². The average Bonchev–Trinajstić information content (AvgIpc) is 2.84. The fourth-order valence-corrected chi connectivity index (χ4v) is 4.50. The van der Waals surface area contributed by atoms with Crippen molar-refractivity contribution in [3.63, 3.8) is 0 Å². The lowest BCUT2D eigenvalue weighted by molar-refractivity contribution is 0.381.